The van der Waals surface area contributed by atoms with Gasteiger partial charge in [0.05, 0.1) is 17.2 Å². The van der Waals surface area contributed by atoms with Gasteiger partial charge in [-0.1, -0.05) is 12.1 Å². The van der Waals surface area contributed by atoms with Crippen molar-refractivity contribution in [2.45, 2.75) is 44.6 Å². The molecule has 7 nitrogen and oxygen atoms in total. The number of ether oxygens (including phenoxy) is 1. The first-order valence-corrected chi connectivity index (χ1v) is 12.8. The van der Waals surface area contributed by atoms with E-state index in [0.717, 1.165) is 61.6 Å². The lowest BCUT2D eigenvalue weighted by atomic mass is 9.98. The number of rotatable bonds is 4. The Hall–Kier alpha value is -3.03. The lowest BCUT2D eigenvalue weighted by Gasteiger charge is -2.37. The van der Waals surface area contributed by atoms with Crippen molar-refractivity contribution in [3.8, 4) is 11.1 Å². The molecular formula is C28H34N6O. The summed E-state index contributed by atoms with van der Waals surface area (Å²) in [5.41, 5.74) is 7.95. The zero-order chi connectivity index (χ0) is 23.9. The largest absolute Gasteiger partial charge is 0.381 e. The minimum atomic E-state index is 0.367. The second kappa shape index (κ2) is 9.21. The number of aromatic nitrogens is 4. The molecule has 35 heavy (non-hydrogen) atoms. The summed E-state index contributed by atoms with van der Waals surface area (Å²) >= 11 is 0. The summed E-state index contributed by atoms with van der Waals surface area (Å²) in [6, 6.07) is 14.1. The smallest absolute Gasteiger partial charge is 0.179 e. The SMILES string of the molecule is Cc1cc(-c2ccc3ncc4nnc(C5CCOCC5)n4c3c2)ccc1N1CCC(N(C)C)CC1. The lowest BCUT2D eigenvalue weighted by molar-refractivity contribution is 0.0834. The summed E-state index contributed by atoms with van der Waals surface area (Å²) in [5.74, 6) is 1.40. The molecule has 7 heteroatoms. The lowest BCUT2D eigenvalue weighted by Crippen LogP contribution is -2.42. The topological polar surface area (TPSA) is 58.8 Å². The predicted molar refractivity (Wildman–Crippen MR) is 140 cm³/mol. The molecule has 0 spiro atoms. The van der Waals surface area contributed by atoms with Crippen LogP contribution in [-0.4, -0.2) is 70.9 Å². The van der Waals surface area contributed by atoms with Gasteiger partial charge in [-0.2, -0.15) is 0 Å². The molecular weight excluding hydrogens is 436 g/mol. The molecule has 4 aromatic rings. The standard InChI is InChI=1S/C28H34N6O/c1-19-16-21(5-7-25(19)33-12-8-23(9-13-33)32(2)3)22-4-6-24-26(17-22)34-27(18-29-24)30-31-28(34)20-10-14-35-15-11-20/h4-7,16-18,20,23H,8-15H2,1-3H3. The van der Waals surface area contributed by atoms with Crippen molar-refractivity contribution in [2.24, 2.45) is 0 Å². The molecule has 0 amide bonds. The maximum absolute atomic E-state index is 5.58. The quantitative estimate of drug-likeness (QED) is 0.432. The molecule has 2 aromatic heterocycles. The van der Waals surface area contributed by atoms with Gasteiger partial charge in [0.2, 0.25) is 0 Å². The molecule has 2 aliphatic rings. The van der Waals surface area contributed by atoms with Gasteiger partial charge >= 0.3 is 0 Å². The van der Waals surface area contributed by atoms with E-state index in [4.69, 9.17) is 4.74 Å². The van der Waals surface area contributed by atoms with Crippen LogP contribution >= 0.6 is 0 Å². The van der Waals surface area contributed by atoms with Gasteiger partial charge in [-0.25, -0.2) is 0 Å². The molecule has 0 unspecified atom stereocenters. The second-order valence-corrected chi connectivity index (χ2v) is 10.3. The van der Waals surface area contributed by atoms with Crippen molar-refractivity contribution in [2.75, 3.05) is 45.3 Å². The summed E-state index contributed by atoms with van der Waals surface area (Å²) in [5, 5.41) is 9.02. The van der Waals surface area contributed by atoms with Gasteiger partial charge in [-0.3, -0.25) is 9.38 Å². The van der Waals surface area contributed by atoms with Crippen molar-refractivity contribution in [3.05, 3.63) is 54.0 Å². The van der Waals surface area contributed by atoms with Crippen LogP contribution in [0.2, 0.25) is 0 Å². The molecule has 0 aliphatic carbocycles. The van der Waals surface area contributed by atoms with Gasteiger partial charge in [0.1, 0.15) is 5.82 Å². The maximum Gasteiger partial charge on any atom is 0.179 e. The average molecular weight is 471 g/mol. The van der Waals surface area contributed by atoms with E-state index in [1.807, 2.05) is 6.20 Å². The molecule has 2 aliphatic heterocycles. The number of aryl methyl sites for hydroxylation is 1. The molecule has 0 N–H and O–H groups in total. The number of nitrogens with zero attached hydrogens (tertiary/aromatic N) is 6. The molecule has 0 atom stereocenters. The Kier molecular flexibility index (Phi) is 5.90. The minimum Gasteiger partial charge on any atom is -0.381 e. The van der Waals surface area contributed by atoms with Crippen molar-refractivity contribution < 1.29 is 4.74 Å². The normalized spacial score (nSPS) is 18.2. The van der Waals surface area contributed by atoms with E-state index >= 15 is 0 Å². The van der Waals surface area contributed by atoms with Crippen LogP contribution in [0.3, 0.4) is 0 Å². The van der Waals surface area contributed by atoms with Crippen LogP contribution in [0.15, 0.2) is 42.6 Å². The van der Waals surface area contributed by atoms with E-state index in [9.17, 15) is 0 Å². The summed E-state index contributed by atoms with van der Waals surface area (Å²) in [7, 11) is 4.39. The number of piperidine rings is 1. The average Bonchev–Trinajstić information content (AvgIpc) is 3.34. The van der Waals surface area contributed by atoms with E-state index in [1.54, 1.807) is 0 Å². The van der Waals surface area contributed by atoms with Gasteiger partial charge in [0, 0.05) is 44.0 Å². The minimum absolute atomic E-state index is 0.367. The molecule has 4 heterocycles. The zero-order valence-corrected chi connectivity index (χ0v) is 20.9. The Morgan fingerprint density at radius 2 is 1.66 bits per heavy atom. The molecule has 182 valence electrons. The Morgan fingerprint density at radius 3 is 2.40 bits per heavy atom. The third-order valence-corrected chi connectivity index (χ3v) is 7.90. The monoisotopic (exact) mass is 470 g/mol. The van der Waals surface area contributed by atoms with Gasteiger partial charge in [0.15, 0.2) is 5.65 Å². The first-order valence-electron chi connectivity index (χ1n) is 12.8. The zero-order valence-electron chi connectivity index (χ0n) is 20.9. The van der Waals surface area contributed by atoms with Crippen LogP contribution in [0.1, 0.15) is 43.0 Å². The van der Waals surface area contributed by atoms with Crippen LogP contribution in [0.25, 0.3) is 27.8 Å². The van der Waals surface area contributed by atoms with Crippen molar-refractivity contribution >= 4 is 22.4 Å². The number of fused-ring (bicyclic) bond motifs is 3. The fourth-order valence-corrected chi connectivity index (χ4v) is 5.79. The fraction of sp³-hybridized carbons (Fsp3) is 0.464. The Labute approximate surface area is 206 Å². The van der Waals surface area contributed by atoms with Gasteiger partial charge in [-0.15, -0.1) is 10.2 Å². The van der Waals surface area contributed by atoms with E-state index in [1.165, 1.54) is 35.2 Å². The first kappa shape index (κ1) is 22.4. The van der Waals surface area contributed by atoms with Crippen LogP contribution in [0.5, 0.6) is 0 Å². The van der Waals surface area contributed by atoms with E-state index < -0.39 is 0 Å². The molecule has 2 fully saturated rings. The van der Waals surface area contributed by atoms with Crippen LogP contribution in [-0.2, 0) is 4.74 Å². The van der Waals surface area contributed by atoms with Crippen molar-refractivity contribution in [1.29, 1.82) is 0 Å². The number of benzene rings is 2. The van der Waals surface area contributed by atoms with Gasteiger partial charge < -0.3 is 14.5 Å². The Bertz CT molecular complexity index is 1350. The molecule has 0 saturated carbocycles. The summed E-state index contributed by atoms with van der Waals surface area (Å²) in [6.45, 7) is 6.04. The summed E-state index contributed by atoms with van der Waals surface area (Å²) in [6.07, 6.45) is 6.23. The first-order chi connectivity index (χ1) is 17.1. The van der Waals surface area contributed by atoms with Gasteiger partial charge in [-0.05, 0) is 87.7 Å². The molecule has 6 rings (SSSR count). The summed E-state index contributed by atoms with van der Waals surface area (Å²) in [4.78, 5) is 9.56. The van der Waals surface area contributed by atoms with E-state index in [2.05, 4.69) is 86.8 Å². The number of hydrogen-bond acceptors (Lipinski definition) is 6. The maximum atomic E-state index is 5.58. The van der Waals surface area contributed by atoms with Crippen molar-refractivity contribution in [3.63, 3.8) is 0 Å². The number of anilines is 1. The highest BCUT2D eigenvalue weighted by atomic mass is 16.5. The highest BCUT2D eigenvalue weighted by Gasteiger charge is 2.23. The number of hydrogen-bond donors (Lipinski definition) is 0. The Balaban J connectivity index is 1.34. The van der Waals surface area contributed by atoms with Crippen LogP contribution < -0.4 is 4.90 Å². The van der Waals surface area contributed by atoms with E-state index in [0.29, 0.717) is 12.0 Å². The highest BCUT2D eigenvalue weighted by molar-refractivity contribution is 5.84. The molecule has 2 aromatic carbocycles. The molecule has 0 radical (unpaired) electrons. The van der Waals surface area contributed by atoms with Crippen molar-refractivity contribution in [1.82, 2.24) is 24.5 Å². The van der Waals surface area contributed by atoms with Crippen LogP contribution in [0.4, 0.5) is 5.69 Å². The molecule has 0 bridgehead atoms. The van der Waals surface area contributed by atoms with Crippen LogP contribution in [0, 0.1) is 6.92 Å². The van der Waals surface area contributed by atoms with E-state index in [-0.39, 0.29) is 0 Å². The Morgan fingerprint density at radius 1 is 0.914 bits per heavy atom. The fourth-order valence-electron chi connectivity index (χ4n) is 5.79. The predicted octanol–water partition coefficient (Wildman–Crippen LogP) is 4.68. The third-order valence-electron chi connectivity index (χ3n) is 7.90. The second-order valence-electron chi connectivity index (χ2n) is 10.3. The molecule has 2 saturated heterocycles. The third kappa shape index (κ3) is 4.17. The summed E-state index contributed by atoms with van der Waals surface area (Å²) < 4.78 is 7.79. The van der Waals surface area contributed by atoms with Gasteiger partial charge in [0.25, 0.3) is 0 Å². The highest BCUT2D eigenvalue weighted by Crippen LogP contribution is 2.32.